The summed E-state index contributed by atoms with van der Waals surface area (Å²) >= 11 is 0. The van der Waals surface area contributed by atoms with Crippen molar-refractivity contribution in [3.05, 3.63) is 95.6 Å². The Hall–Kier alpha value is -3.40. The number of ketones is 2. The molecule has 136 valence electrons. The smallest absolute Gasteiger partial charge is 0.174 e. The van der Waals surface area contributed by atoms with Crippen LogP contribution in [0.1, 0.15) is 26.3 Å². The van der Waals surface area contributed by atoms with Crippen LogP contribution in [0.3, 0.4) is 0 Å². The Bertz CT molecular complexity index is 882. The van der Waals surface area contributed by atoms with Gasteiger partial charge in [0.15, 0.2) is 11.6 Å². The second-order valence-electron chi connectivity index (χ2n) is 6.21. The standard InChI is InChI=1S/C23H20O4/c1-27-19-12-13-21(24)18(14-19)15-20(22(25)16-8-4-2-5-9-16)23(26)17-10-6-3-7-11-17/h2-14,20,24H,15H2,1H3. The van der Waals surface area contributed by atoms with Crippen molar-refractivity contribution in [1.29, 1.82) is 0 Å². The van der Waals surface area contributed by atoms with Crippen LogP contribution in [-0.2, 0) is 6.42 Å². The molecule has 0 aromatic heterocycles. The van der Waals surface area contributed by atoms with E-state index in [1.165, 1.54) is 13.2 Å². The summed E-state index contributed by atoms with van der Waals surface area (Å²) in [6.45, 7) is 0. The molecule has 0 heterocycles. The fourth-order valence-corrected chi connectivity index (χ4v) is 2.98. The monoisotopic (exact) mass is 360 g/mol. The van der Waals surface area contributed by atoms with Crippen molar-refractivity contribution >= 4 is 11.6 Å². The van der Waals surface area contributed by atoms with Gasteiger partial charge in [0.25, 0.3) is 0 Å². The van der Waals surface area contributed by atoms with Gasteiger partial charge >= 0.3 is 0 Å². The van der Waals surface area contributed by atoms with E-state index in [1.54, 1.807) is 60.7 Å². The van der Waals surface area contributed by atoms with Crippen molar-refractivity contribution in [3.63, 3.8) is 0 Å². The van der Waals surface area contributed by atoms with E-state index in [0.29, 0.717) is 22.4 Å². The van der Waals surface area contributed by atoms with Gasteiger partial charge in [0.1, 0.15) is 11.5 Å². The van der Waals surface area contributed by atoms with E-state index in [9.17, 15) is 14.7 Å². The minimum Gasteiger partial charge on any atom is -0.508 e. The van der Waals surface area contributed by atoms with Gasteiger partial charge in [0, 0.05) is 11.1 Å². The molecule has 0 aliphatic heterocycles. The van der Waals surface area contributed by atoms with Crippen LogP contribution in [0.25, 0.3) is 0 Å². The number of hydrogen-bond acceptors (Lipinski definition) is 4. The van der Waals surface area contributed by atoms with Gasteiger partial charge in [-0.2, -0.15) is 0 Å². The molecule has 3 aromatic carbocycles. The lowest BCUT2D eigenvalue weighted by Crippen LogP contribution is -2.26. The van der Waals surface area contributed by atoms with E-state index < -0.39 is 5.92 Å². The molecule has 0 aliphatic rings. The lowest BCUT2D eigenvalue weighted by Gasteiger charge is -2.17. The Balaban J connectivity index is 2.00. The fourth-order valence-electron chi connectivity index (χ4n) is 2.98. The molecular formula is C23H20O4. The number of Topliss-reactive ketones (excluding diaryl/α,β-unsaturated/α-hetero) is 2. The molecule has 3 rings (SSSR count). The minimum atomic E-state index is -0.937. The van der Waals surface area contributed by atoms with Crippen molar-refractivity contribution in [2.45, 2.75) is 6.42 Å². The maximum absolute atomic E-state index is 13.1. The highest BCUT2D eigenvalue weighted by molar-refractivity contribution is 6.16. The molecule has 0 unspecified atom stereocenters. The largest absolute Gasteiger partial charge is 0.508 e. The number of methoxy groups -OCH3 is 1. The number of hydrogen-bond donors (Lipinski definition) is 1. The predicted octanol–water partition coefficient (Wildman–Crippen LogP) is 4.33. The molecule has 0 saturated carbocycles. The van der Waals surface area contributed by atoms with Crippen molar-refractivity contribution in [2.24, 2.45) is 5.92 Å². The minimum absolute atomic E-state index is 0.0301. The highest BCUT2D eigenvalue weighted by Gasteiger charge is 2.29. The van der Waals surface area contributed by atoms with Crippen LogP contribution in [0.5, 0.6) is 11.5 Å². The third-order valence-corrected chi connectivity index (χ3v) is 4.46. The topological polar surface area (TPSA) is 63.6 Å². The van der Waals surface area contributed by atoms with E-state index >= 15 is 0 Å². The zero-order chi connectivity index (χ0) is 19.2. The fraction of sp³-hybridized carbons (Fsp3) is 0.130. The molecule has 0 aliphatic carbocycles. The first-order valence-corrected chi connectivity index (χ1v) is 8.64. The summed E-state index contributed by atoms with van der Waals surface area (Å²) in [6, 6.07) is 22.3. The zero-order valence-electron chi connectivity index (χ0n) is 15.0. The van der Waals surface area contributed by atoms with Gasteiger partial charge in [-0.15, -0.1) is 0 Å². The molecular weight excluding hydrogens is 340 g/mol. The van der Waals surface area contributed by atoms with Crippen molar-refractivity contribution < 1.29 is 19.4 Å². The van der Waals surface area contributed by atoms with Crippen LogP contribution in [-0.4, -0.2) is 23.8 Å². The van der Waals surface area contributed by atoms with Crippen LogP contribution in [0.4, 0.5) is 0 Å². The molecule has 0 atom stereocenters. The summed E-state index contributed by atoms with van der Waals surface area (Å²) < 4.78 is 5.20. The van der Waals surface area contributed by atoms with Gasteiger partial charge < -0.3 is 9.84 Å². The third-order valence-electron chi connectivity index (χ3n) is 4.46. The Morgan fingerprint density at radius 1 is 0.852 bits per heavy atom. The van der Waals surface area contributed by atoms with Crippen molar-refractivity contribution in [2.75, 3.05) is 7.11 Å². The normalized spacial score (nSPS) is 10.6. The number of ether oxygens (including phenoxy) is 1. The van der Waals surface area contributed by atoms with E-state index in [4.69, 9.17) is 4.74 Å². The number of phenols is 1. The second kappa shape index (κ2) is 8.32. The van der Waals surface area contributed by atoms with Crippen molar-refractivity contribution in [1.82, 2.24) is 0 Å². The summed E-state index contributed by atoms with van der Waals surface area (Å²) in [4.78, 5) is 26.2. The Morgan fingerprint density at radius 2 is 1.37 bits per heavy atom. The van der Waals surface area contributed by atoms with Gasteiger partial charge in [-0.05, 0) is 30.2 Å². The molecule has 0 radical (unpaired) electrons. The molecule has 3 aromatic rings. The SMILES string of the molecule is COc1ccc(O)c(CC(C(=O)c2ccccc2)C(=O)c2ccccc2)c1. The van der Waals surface area contributed by atoms with Crippen LogP contribution in [0.15, 0.2) is 78.9 Å². The number of phenolic OH excluding ortho intramolecular Hbond substituents is 1. The van der Waals surface area contributed by atoms with Crippen molar-refractivity contribution in [3.8, 4) is 11.5 Å². The van der Waals surface area contributed by atoms with Crippen LogP contribution in [0, 0.1) is 5.92 Å². The summed E-state index contributed by atoms with van der Waals surface area (Å²) in [5, 5.41) is 10.2. The molecule has 1 N–H and O–H groups in total. The van der Waals surface area contributed by atoms with Crippen LogP contribution in [0.2, 0.25) is 0 Å². The van der Waals surface area contributed by atoms with Crippen LogP contribution < -0.4 is 4.74 Å². The lowest BCUT2D eigenvalue weighted by atomic mass is 9.85. The van der Waals surface area contributed by atoms with Gasteiger partial charge in [-0.1, -0.05) is 60.7 Å². The number of carbonyl (C=O) groups is 2. The first-order valence-electron chi connectivity index (χ1n) is 8.64. The molecule has 0 saturated heterocycles. The van der Waals surface area contributed by atoms with Gasteiger partial charge in [0.2, 0.25) is 0 Å². The maximum atomic E-state index is 13.1. The molecule has 0 fully saturated rings. The quantitative estimate of drug-likeness (QED) is 0.503. The maximum Gasteiger partial charge on any atom is 0.174 e. The average Bonchev–Trinajstić information content (AvgIpc) is 2.73. The zero-order valence-corrected chi connectivity index (χ0v) is 15.0. The van der Waals surface area contributed by atoms with E-state index in [-0.39, 0.29) is 23.7 Å². The molecule has 4 heteroatoms. The first kappa shape index (κ1) is 18.4. The number of rotatable bonds is 7. The highest BCUT2D eigenvalue weighted by Crippen LogP contribution is 2.28. The summed E-state index contributed by atoms with van der Waals surface area (Å²) in [5.41, 5.74) is 1.43. The molecule has 0 bridgehead atoms. The van der Waals surface area contributed by atoms with Gasteiger partial charge in [0.05, 0.1) is 13.0 Å². The summed E-state index contributed by atoms with van der Waals surface area (Å²) in [5.74, 6) is -0.894. The molecule has 0 spiro atoms. The number of carbonyl (C=O) groups excluding carboxylic acids is 2. The Kier molecular flexibility index (Phi) is 5.67. The van der Waals surface area contributed by atoms with Gasteiger partial charge in [-0.3, -0.25) is 9.59 Å². The molecule has 0 amide bonds. The Morgan fingerprint density at radius 3 is 1.85 bits per heavy atom. The molecule has 27 heavy (non-hydrogen) atoms. The molecule has 4 nitrogen and oxygen atoms in total. The number of benzene rings is 3. The van der Waals surface area contributed by atoms with E-state index in [0.717, 1.165) is 0 Å². The Labute approximate surface area is 158 Å². The average molecular weight is 360 g/mol. The predicted molar refractivity (Wildman–Crippen MR) is 103 cm³/mol. The lowest BCUT2D eigenvalue weighted by molar-refractivity contribution is 0.0806. The third kappa shape index (κ3) is 4.23. The second-order valence-corrected chi connectivity index (χ2v) is 6.21. The highest BCUT2D eigenvalue weighted by atomic mass is 16.5. The first-order chi connectivity index (χ1) is 13.1. The summed E-state index contributed by atoms with van der Waals surface area (Å²) in [6.07, 6.45) is 0.0878. The van der Waals surface area contributed by atoms with Gasteiger partial charge in [-0.25, -0.2) is 0 Å². The van der Waals surface area contributed by atoms with E-state index in [2.05, 4.69) is 0 Å². The number of aromatic hydroxyl groups is 1. The van der Waals surface area contributed by atoms with Crippen LogP contribution >= 0.6 is 0 Å². The summed E-state index contributed by atoms with van der Waals surface area (Å²) in [7, 11) is 1.53. The van der Waals surface area contributed by atoms with E-state index in [1.807, 2.05) is 12.1 Å².